The zero-order chi connectivity index (χ0) is 16.1. The van der Waals surface area contributed by atoms with E-state index in [9.17, 15) is 4.79 Å². The highest BCUT2D eigenvalue weighted by Crippen LogP contribution is 2.23. The third-order valence-corrected chi connectivity index (χ3v) is 4.10. The van der Waals surface area contributed by atoms with Gasteiger partial charge in [-0.15, -0.1) is 0 Å². The number of hydrogen-bond acceptors (Lipinski definition) is 2. The minimum Gasteiger partial charge on any atom is -0.347 e. The molecule has 0 saturated heterocycles. The van der Waals surface area contributed by atoms with Crippen LogP contribution in [0.1, 0.15) is 17.2 Å². The van der Waals surface area contributed by atoms with Crippen molar-refractivity contribution in [2.24, 2.45) is 0 Å². The second-order valence-corrected chi connectivity index (χ2v) is 6.50. The van der Waals surface area contributed by atoms with Crippen LogP contribution in [0.15, 0.2) is 59.1 Å². The smallest absolute Gasteiger partial charge is 0.244 e. The molecule has 2 rings (SSSR count). The molecule has 116 valence electrons. The van der Waals surface area contributed by atoms with E-state index in [2.05, 4.69) is 33.0 Å². The third kappa shape index (κ3) is 4.18. The first kappa shape index (κ1) is 16.7. The van der Waals surface area contributed by atoms with Crippen LogP contribution < -0.4 is 0 Å². The van der Waals surface area contributed by atoms with Gasteiger partial charge in [0.1, 0.15) is 6.04 Å². The maximum Gasteiger partial charge on any atom is 0.244 e. The van der Waals surface area contributed by atoms with Gasteiger partial charge in [-0.1, -0.05) is 58.4 Å². The Morgan fingerprint density at radius 3 is 2.14 bits per heavy atom. The predicted octanol–water partition coefficient (Wildman–Crippen LogP) is 3.71. The molecule has 22 heavy (non-hydrogen) atoms. The summed E-state index contributed by atoms with van der Waals surface area (Å²) in [6.07, 6.45) is 0. The quantitative estimate of drug-likeness (QED) is 0.811. The SMILES string of the molecule is CN(C)C(=O)[C@@H](c1ccccc1)N(C)Cc1ccc(Br)cc1. The van der Waals surface area contributed by atoms with Crippen molar-refractivity contribution in [1.29, 1.82) is 0 Å². The van der Waals surface area contributed by atoms with E-state index in [1.165, 1.54) is 5.56 Å². The van der Waals surface area contributed by atoms with Gasteiger partial charge in [0.05, 0.1) is 0 Å². The summed E-state index contributed by atoms with van der Waals surface area (Å²) < 4.78 is 1.06. The highest BCUT2D eigenvalue weighted by Gasteiger charge is 2.26. The number of likely N-dealkylation sites (N-methyl/N-ethyl adjacent to an activating group) is 2. The average molecular weight is 361 g/mol. The summed E-state index contributed by atoms with van der Waals surface area (Å²) in [4.78, 5) is 16.3. The molecule has 0 aliphatic heterocycles. The van der Waals surface area contributed by atoms with E-state index in [-0.39, 0.29) is 11.9 Å². The summed E-state index contributed by atoms with van der Waals surface area (Å²) in [6, 6.07) is 17.8. The summed E-state index contributed by atoms with van der Waals surface area (Å²) >= 11 is 3.45. The normalized spacial score (nSPS) is 12.2. The molecule has 0 aromatic heterocycles. The summed E-state index contributed by atoms with van der Waals surface area (Å²) in [5.74, 6) is 0.0887. The number of carbonyl (C=O) groups is 1. The van der Waals surface area contributed by atoms with Gasteiger partial charge in [0.15, 0.2) is 0 Å². The first-order chi connectivity index (χ1) is 10.5. The van der Waals surface area contributed by atoms with Gasteiger partial charge in [0, 0.05) is 25.1 Å². The van der Waals surface area contributed by atoms with Crippen molar-refractivity contribution in [3.63, 3.8) is 0 Å². The van der Waals surface area contributed by atoms with Crippen molar-refractivity contribution >= 4 is 21.8 Å². The lowest BCUT2D eigenvalue weighted by Crippen LogP contribution is -2.37. The van der Waals surface area contributed by atoms with Crippen LogP contribution in [0, 0.1) is 0 Å². The van der Waals surface area contributed by atoms with Gasteiger partial charge < -0.3 is 4.90 Å². The van der Waals surface area contributed by atoms with Gasteiger partial charge in [-0.05, 0) is 30.3 Å². The number of benzene rings is 2. The van der Waals surface area contributed by atoms with Crippen molar-refractivity contribution in [3.8, 4) is 0 Å². The zero-order valence-corrected chi connectivity index (χ0v) is 14.7. The van der Waals surface area contributed by atoms with Crippen molar-refractivity contribution < 1.29 is 4.79 Å². The molecular formula is C18H21BrN2O. The molecule has 0 fully saturated rings. The zero-order valence-electron chi connectivity index (χ0n) is 13.2. The Balaban J connectivity index is 2.24. The number of nitrogens with zero attached hydrogens (tertiary/aromatic N) is 2. The molecule has 0 bridgehead atoms. The van der Waals surface area contributed by atoms with E-state index in [0.29, 0.717) is 6.54 Å². The van der Waals surface area contributed by atoms with Crippen LogP contribution in [0.2, 0.25) is 0 Å². The average Bonchev–Trinajstić information content (AvgIpc) is 2.50. The van der Waals surface area contributed by atoms with Crippen LogP contribution in [-0.2, 0) is 11.3 Å². The number of rotatable bonds is 5. The van der Waals surface area contributed by atoms with Gasteiger partial charge >= 0.3 is 0 Å². The Morgan fingerprint density at radius 1 is 1.00 bits per heavy atom. The first-order valence-electron chi connectivity index (χ1n) is 7.20. The predicted molar refractivity (Wildman–Crippen MR) is 93.5 cm³/mol. The third-order valence-electron chi connectivity index (χ3n) is 3.58. The fraction of sp³-hybridized carbons (Fsp3) is 0.278. The minimum atomic E-state index is -0.278. The van der Waals surface area contributed by atoms with E-state index in [1.807, 2.05) is 49.5 Å². The van der Waals surface area contributed by atoms with Crippen LogP contribution >= 0.6 is 15.9 Å². The topological polar surface area (TPSA) is 23.6 Å². The number of hydrogen-bond donors (Lipinski definition) is 0. The summed E-state index contributed by atoms with van der Waals surface area (Å²) in [7, 11) is 5.58. The Bertz CT molecular complexity index is 611. The van der Waals surface area contributed by atoms with E-state index in [0.717, 1.165) is 10.0 Å². The van der Waals surface area contributed by atoms with Gasteiger partial charge in [0.2, 0.25) is 5.91 Å². The molecular weight excluding hydrogens is 340 g/mol. The van der Waals surface area contributed by atoms with E-state index >= 15 is 0 Å². The van der Waals surface area contributed by atoms with Gasteiger partial charge in [-0.3, -0.25) is 9.69 Å². The Morgan fingerprint density at radius 2 is 1.59 bits per heavy atom. The van der Waals surface area contributed by atoms with Crippen molar-refractivity contribution in [1.82, 2.24) is 9.80 Å². The molecule has 0 saturated carbocycles. The van der Waals surface area contributed by atoms with Gasteiger partial charge in [-0.2, -0.15) is 0 Å². The molecule has 0 aliphatic carbocycles. The Labute approximate surface area is 140 Å². The number of carbonyl (C=O) groups excluding carboxylic acids is 1. The maximum atomic E-state index is 12.6. The fourth-order valence-electron chi connectivity index (χ4n) is 2.43. The molecule has 1 amide bonds. The summed E-state index contributed by atoms with van der Waals surface area (Å²) in [5.41, 5.74) is 2.19. The molecule has 0 heterocycles. The molecule has 3 nitrogen and oxygen atoms in total. The molecule has 0 radical (unpaired) electrons. The van der Waals surface area contributed by atoms with Crippen molar-refractivity contribution in [3.05, 3.63) is 70.2 Å². The molecule has 0 N–H and O–H groups in total. The number of halogens is 1. The largest absolute Gasteiger partial charge is 0.347 e. The second-order valence-electron chi connectivity index (χ2n) is 5.59. The minimum absolute atomic E-state index is 0.0887. The molecule has 2 aromatic carbocycles. The van der Waals surface area contributed by atoms with Crippen LogP contribution in [-0.4, -0.2) is 36.9 Å². The van der Waals surface area contributed by atoms with E-state index < -0.39 is 0 Å². The van der Waals surface area contributed by atoms with Crippen LogP contribution in [0.4, 0.5) is 0 Å². The highest BCUT2D eigenvalue weighted by atomic mass is 79.9. The first-order valence-corrected chi connectivity index (χ1v) is 7.99. The van der Waals surface area contributed by atoms with Crippen molar-refractivity contribution in [2.45, 2.75) is 12.6 Å². The molecule has 0 aliphatic rings. The lowest BCUT2D eigenvalue weighted by Gasteiger charge is -2.29. The summed E-state index contributed by atoms with van der Waals surface area (Å²) in [5, 5.41) is 0. The molecule has 1 atom stereocenters. The second kappa shape index (κ2) is 7.56. The monoisotopic (exact) mass is 360 g/mol. The van der Waals surface area contributed by atoms with Gasteiger partial charge in [0.25, 0.3) is 0 Å². The lowest BCUT2D eigenvalue weighted by molar-refractivity contribution is -0.134. The van der Waals surface area contributed by atoms with Crippen LogP contribution in [0.5, 0.6) is 0 Å². The summed E-state index contributed by atoms with van der Waals surface area (Å²) in [6.45, 7) is 0.715. The Kier molecular flexibility index (Phi) is 5.75. The molecule has 0 spiro atoms. The molecule has 0 unspecified atom stereocenters. The highest BCUT2D eigenvalue weighted by molar-refractivity contribution is 9.10. The maximum absolute atomic E-state index is 12.6. The van der Waals surface area contributed by atoms with E-state index in [4.69, 9.17) is 0 Å². The number of amides is 1. The van der Waals surface area contributed by atoms with Crippen LogP contribution in [0.3, 0.4) is 0 Å². The Hall–Kier alpha value is -1.65. The lowest BCUT2D eigenvalue weighted by atomic mass is 10.0. The fourth-order valence-corrected chi connectivity index (χ4v) is 2.70. The molecule has 2 aromatic rings. The molecule has 4 heteroatoms. The van der Waals surface area contributed by atoms with Crippen LogP contribution in [0.25, 0.3) is 0 Å². The van der Waals surface area contributed by atoms with Crippen molar-refractivity contribution in [2.75, 3.05) is 21.1 Å². The van der Waals surface area contributed by atoms with E-state index in [1.54, 1.807) is 19.0 Å². The van der Waals surface area contributed by atoms with Gasteiger partial charge in [-0.25, -0.2) is 0 Å². The standard InChI is InChI=1S/C18H21BrN2O/c1-20(2)18(22)17(15-7-5-4-6-8-15)21(3)13-14-9-11-16(19)12-10-14/h4-12,17H,13H2,1-3H3/t17-/m1/s1.